The summed E-state index contributed by atoms with van der Waals surface area (Å²) in [6, 6.07) is 0.639. The summed E-state index contributed by atoms with van der Waals surface area (Å²) in [6.07, 6.45) is 1.25. The topological polar surface area (TPSA) is 29.9 Å². The van der Waals surface area contributed by atoms with Gasteiger partial charge in [-0.2, -0.15) is 0 Å². The van der Waals surface area contributed by atoms with Crippen molar-refractivity contribution in [2.24, 2.45) is 13.0 Å². The maximum absolute atomic E-state index is 5.93. The van der Waals surface area contributed by atoms with Gasteiger partial charge in [0.15, 0.2) is 5.15 Å². The van der Waals surface area contributed by atoms with Crippen LogP contribution in [0, 0.1) is 5.92 Å². The van der Waals surface area contributed by atoms with Crippen LogP contribution in [0.25, 0.3) is 0 Å². The first-order valence-electron chi connectivity index (χ1n) is 4.69. The normalized spacial score (nSPS) is 25.4. The van der Waals surface area contributed by atoms with Gasteiger partial charge >= 0.3 is 0 Å². The lowest BCUT2D eigenvalue weighted by Gasteiger charge is -2.04. The zero-order valence-corrected chi connectivity index (χ0v) is 9.73. The lowest BCUT2D eigenvalue weighted by Crippen LogP contribution is -2.19. The monoisotopic (exact) mass is 233 g/mol. The Labute approximate surface area is 93.4 Å². The molecule has 14 heavy (non-hydrogen) atoms. The molecule has 1 N–H and O–H groups in total. The van der Waals surface area contributed by atoms with E-state index in [1.807, 2.05) is 11.6 Å². The number of nitrogens with one attached hydrogen (secondary N) is 1. The molecule has 3 nitrogen and oxygen atoms in total. The van der Waals surface area contributed by atoms with E-state index in [0.717, 1.165) is 18.2 Å². The third-order valence-corrected chi connectivity index (χ3v) is 3.39. The molecule has 1 heterocycles. The van der Waals surface area contributed by atoms with E-state index in [9.17, 15) is 0 Å². The second-order valence-electron chi connectivity index (χ2n) is 3.88. The molecule has 1 fully saturated rings. The van der Waals surface area contributed by atoms with Crippen LogP contribution in [0.1, 0.15) is 19.0 Å². The fraction of sp³-hybridized carbons (Fsp3) is 0.667. The van der Waals surface area contributed by atoms with Gasteiger partial charge in [0.1, 0.15) is 0 Å². The van der Waals surface area contributed by atoms with Gasteiger partial charge in [0.25, 0.3) is 0 Å². The summed E-state index contributed by atoms with van der Waals surface area (Å²) in [4.78, 5) is 3.98. The van der Waals surface area contributed by atoms with Gasteiger partial charge in [-0.05, 0) is 23.9 Å². The van der Waals surface area contributed by atoms with Crippen molar-refractivity contribution < 1.29 is 0 Å². The lowest BCUT2D eigenvalue weighted by molar-refractivity contribution is 0.625. The van der Waals surface area contributed by atoms with Crippen LogP contribution in [0.15, 0.2) is 0 Å². The Balaban J connectivity index is 2.01. The molecule has 1 aliphatic rings. The number of aromatic nitrogens is 2. The molecule has 0 aliphatic heterocycles. The molecule has 1 aliphatic carbocycles. The summed E-state index contributed by atoms with van der Waals surface area (Å²) < 4.78 is 1.81. The van der Waals surface area contributed by atoms with Crippen LogP contribution in [-0.4, -0.2) is 15.6 Å². The van der Waals surface area contributed by atoms with E-state index in [0.29, 0.717) is 16.5 Å². The first kappa shape index (κ1) is 10.3. The lowest BCUT2D eigenvalue weighted by atomic mass is 10.4. The van der Waals surface area contributed by atoms with Crippen LogP contribution in [0.3, 0.4) is 0 Å². The molecule has 1 aromatic rings. The smallest absolute Gasteiger partial charge is 0.204 e. The fourth-order valence-corrected chi connectivity index (χ4v) is 2.00. The molecule has 0 spiro atoms. The van der Waals surface area contributed by atoms with Gasteiger partial charge < -0.3 is 9.88 Å². The van der Waals surface area contributed by atoms with Crippen LogP contribution < -0.4 is 5.32 Å². The number of hydrogen-bond donors (Lipinski definition) is 1. The first-order valence-corrected chi connectivity index (χ1v) is 5.45. The number of imidazole rings is 1. The van der Waals surface area contributed by atoms with Gasteiger partial charge in [0.2, 0.25) is 5.28 Å². The van der Waals surface area contributed by atoms with Gasteiger partial charge in [-0.3, -0.25) is 0 Å². The summed E-state index contributed by atoms with van der Waals surface area (Å²) >= 11 is 11.8. The predicted octanol–water partition coefficient (Wildman–Crippen LogP) is 2.22. The van der Waals surface area contributed by atoms with Gasteiger partial charge in [-0.15, -0.1) is 0 Å². The summed E-state index contributed by atoms with van der Waals surface area (Å²) in [5.41, 5.74) is 0.954. The molecule has 5 heteroatoms. The molecule has 1 saturated carbocycles. The highest BCUT2D eigenvalue weighted by molar-refractivity contribution is 6.32. The van der Waals surface area contributed by atoms with E-state index >= 15 is 0 Å². The van der Waals surface area contributed by atoms with Crippen LogP contribution in [0.2, 0.25) is 10.4 Å². The van der Waals surface area contributed by atoms with Gasteiger partial charge in [0.05, 0.1) is 5.69 Å². The summed E-state index contributed by atoms with van der Waals surface area (Å²) in [5.74, 6) is 0.789. The average Bonchev–Trinajstić information content (AvgIpc) is 2.75. The quantitative estimate of drug-likeness (QED) is 0.869. The zero-order valence-electron chi connectivity index (χ0n) is 8.22. The molecule has 2 atom stereocenters. The average molecular weight is 234 g/mol. The van der Waals surface area contributed by atoms with E-state index in [-0.39, 0.29) is 0 Å². The van der Waals surface area contributed by atoms with E-state index in [1.165, 1.54) is 6.42 Å². The number of nitrogens with zero attached hydrogens (tertiary/aromatic N) is 2. The van der Waals surface area contributed by atoms with Crippen molar-refractivity contribution in [3.63, 3.8) is 0 Å². The van der Waals surface area contributed by atoms with Crippen LogP contribution in [0.4, 0.5) is 0 Å². The van der Waals surface area contributed by atoms with E-state index < -0.39 is 0 Å². The first-order chi connectivity index (χ1) is 6.59. The van der Waals surface area contributed by atoms with E-state index in [2.05, 4.69) is 17.2 Å². The Kier molecular flexibility index (Phi) is 2.73. The summed E-state index contributed by atoms with van der Waals surface area (Å²) in [6.45, 7) is 2.97. The molecule has 0 bridgehead atoms. The molecule has 2 rings (SSSR count). The van der Waals surface area contributed by atoms with Crippen molar-refractivity contribution >= 4 is 23.2 Å². The molecular weight excluding hydrogens is 221 g/mol. The minimum Gasteiger partial charge on any atom is -0.319 e. The van der Waals surface area contributed by atoms with E-state index in [1.54, 1.807) is 0 Å². The summed E-state index contributed by atoms with van der Waals surface area (Å²) in [7, 11) is 1.87. The van der Waals surface area contributed by atoms with Gasteiger partial charge in [-0.1, -0.05) is 18.5 Å². The fourth-order valence-electron chi connectivity index (χ4n) is 1.50. The van der Waals surface area contributed by atoms with Crippen LogP contribution in [0.5, 0.6) is 0 Å². The van der Waals surface area contributed by atoms with E-state index in [4.69, 9.17) is 23.2 Å². The highest BCUT2D eigenvalue weighted by atomic mass is 35.5. The molecule has 0 radical (unpaired) electrons. The Hall–Kier alpha value is -0.250. The van der Waals surface area contributed by atoms with Crippen LogP contribution >= 0.6 is 23.2 Å². The third-order valence-electron chi connectivity index (χ3n) is 2.75. The largest absolute Gasteiger partial charge is 0.319 e. The maximum atomic E-state index is 5.93. The number of rotatable bonds is 3. The van der Waals surface area contributed by atoms with Crippen molar-refractivity contribution in [1.82, 2.24) is 14.9 Å². The van der Waals surface area contributed by atoms with Crippen molar-refractivity contribution in [3.8, 4) is 0 Å². The highest BCUT2D eigenvalue weighted by Gasteiger charge is 2.32. The van der Waals surface area contributed by atoms with Gasteiger partial charge in [-0.25, -0.2) is 4.98 Å². The van der Waals surface area contributed by atoms with Crippen molar-refractivity contribution in [1.29, 1.82) is 0 Å². The van der Waals surface area contributed by atoms with Crippen molar-refractivity contribution in [2.45, 2.75) is 25.9 Å². The minimum absolute atomic E-state index is 0.440. The number of hydrogen-bond acceptors (Lipinski definition) is 2. The van der Waals surface area contributed by atoms with Crippen molar-refractivity contribution in [3.05, 3.63) is 16.1 Å². The maximum Gasteiger partial charge on any atom is 0.204 e. The van der Waals surface area contributed by atoms with Crippen LogP contribution in [-0.2, 0) is 13.6 Å². The molecule has 1 aromatic heterocycles. The second kappa shape index (κ2) is 3.72. The zero-order chi connectivity index (χ0) is 10.3. The minimum atomic E-state index is 0.440. The SMILES string of the molecule is CC1CC1NCc1c(Cl)nc(Cl)n1C. The van der Waals surface area contributed by atoms with Crippen molar-refractivity contribution in [2.75, 3.05) is 0 Å². The second-order valence-corrected chi connectivity index (χ2v) is 4.57. The predicted molar refractivity (Wildman–Crippen MR) is 57.6 cm³/mol. The molecule has 0 aromatic carbocycles. The molecule has 78 valence electrons. The number of halogens is 2. The molecule has 0 saturated heterocycles. The molecule has 2 unspecified atom stereocenters. The summed E-state index contributed by atoms with van der Waals surface area (Å²) in [5, 5.41) is 4.35. The highest BCUT2D eigenvalue weighted by Crippen LogP contribution is 2.30. The Bertz CT molecular complexity index is 348. The molecular formula is C9H13Cl2N3. The standard InChI is InChI=1S/C9H13Cl2N3/c1-5-3-6(5)12-4-7-8(10)13-9(11)14(7)2/h5-6,12H,3-4H2,1-2H3. The third kappa shape index (κ3) is 1.90. The molecule has 0 amide bonds. The Morgan fingerprint density at radius 3 is 2.64 bits per heavy atom. The van der Waals surface area contributed by atoms with Gasteiger partial charge in [0, 0.05) is 19.6 Å². The Morgan fingerprint density at radius 2 is 2.21 bits per heavy atom. The Morgan fingerprint density at radius 1 is 1.57 bits per heavy atom.